The molecule has 7 aromatic carbocycles. The number of aromatic hydroxyl groups is 3. The van der Waals surface area contributed by atoms with Gasteiger partial charge in [-0.05, 0) is 120 Å². The molecule has 0 amide bonds. The van der Waals surface area contributed by atoms with Crippen molar-refractivity contribution in [2.24, 2.45) is 0 Å². The number of fused-ring (bicyclic) bond motifs is 8. The molecule has 23 rings (SSSR count). The van der Waals surface area contributed by atoms with E-state index < -0.39 is 0 Å². The molecule has 43 heteroatoms. The van der Waals surface area contributed by atoms with Gasteiger partial charge in [0.15, 0.2) is 68.2 Å². The molecule has 20 aromatic rings. The van der Waals surface area contributed by atoms with Crippen LogP contribution in [-0.2, 0) is 19.8 Å². The Balaban J connectivity index is 0.000000112. The zero-order valence-electron chi connectivity index (χ0n) is 68.3. The Morgan fingerprint density at radius 1 is 0.434 bits per heavy atom. The molecule has 3 aliphatic heterocycles. The van der Waals surface area contributed by atoms with Gasteiger partial charge in [0.1, 0.15) is 35.6 Å². The molecule has 0 atom stereocenters. The number of hydrogen-bond donors (Lipinski definition) is 6. The van der Waals surface area contributed by atoms with Crippen LogP contribution in [0.25, 0.3) is 116 Å². The molecule has 6 N–H and O–H groups in total. The molecule has 0 radical (unpaired) electrons. The highest BCUT2D eigenvalue weighted by molar-refractivity contribution is 9.09. The molecule has 0 bridgehead atoms. The lowest BCUT2D eigenvalue weighted by Gasteiger charge is -2.36. The Labute approximate surface area is 749 Å². The Hall–Kier alpha value is -16.4. The second kappa shape index (κ2) is 38.0. The number of rotatable bonds is 13. The minimum atomic E-state index is 0.0915. The number of nitrogens with one attached hydrogen (secondary N) is 3. The molecule has 3 aliphatic rings. The van der Waals surface area contributed by atoms with Gasteiger partial charge in [0.2, 0.25) is 22.5 Å². The molecule has 16 heterocycles. The van der Waals surface area contributed by atoms with Gasteiger partial charge >= 0.3 is 0 Å². The van der Waals surface area contributed by atoms with Crippen molar-refractivity contribution in [1.82, 2.24) is 144 Å². The van der Waals surface area contributed by atoms with Crippen molar-refractivity contribution >= 4 is 156 Å². The van der Waals surface area contributed by atoms with Crippen molar-refractivity contribution in [2.75, 3.05) is 108 Å². The van der Waals surface area contributed by atoms with Crippen LogP contribution in [0.15, 0.2) is 220 Å². The van der Waals surface area contributed by atoms with Gasteiger partial charge in [-0.15, -0.1) is 10.2 Å². The Morgan fingerprint density at radius 3 is 1.26 bits per heavy atom. The van der Waals surface area contributed by atoms with Crippen LogP contribution < -0.4 is 29.8 Å². The van der Waals surface area contributed by atoms with Crippen LogP contribution in [0.3, 0.4) is 0 Å². The zero-order valence-corrected chi connectivity index (χ0v) is 71.4. The molecule has 40 nitrogen and oxygen atoms in total. The van der Waals surface area contributed by atoms with Crippen LogP contribution in [0.2, 0.25) is 10.6 Å². The summed E-state index contributed by atoms with van der Waals surface area (Å²) in [6.45, 7) is 18.0. The van der Waals surface area contributed by atoms with Gasteiger partial charge in [-0.25, -0.2) is 49.8 Å². The fraction of sp³-hybridized carbons (Fsp3) is 0.186. The standard InChI is InChI=1S/C24H22N12O.C24H21N9O.C14H8ClN7.C12H7ClN6.C10H14N2O.C2H2BrN/c37-18-7-5-17(6-8-18)33-9-11-34(12-10-33)24-27-22-21(25-15-35(22)14-20-29-31-32-30-20)23(28-24)36-19-4-2-1-3-16(19)13-26-36;25-9-10-32-16-26-21-22(32)28-24(29-23(21)33-20-4-2-1-3-17(20)15-27-33)31-13-11-30(12-14-31)18-5-7-19(34)8-6-18;1-16-7-21-8-17-11-12(21)19-14(15)20-13(11)22-10-5-3-2-4-9(10)6-18-22;13-12-17-10-9(14-6-15-10)11(18-12)19-8-4-2-1-3-7(8)5-16-19;13-10-3-1-9(2-4-10)12-7-5-11-6-8-12;3-1-2-4/h1-8,13,15,37H,9-12,14H2,(H,29,30,31,32);1-8,15-16,34H,10-14H2;2-6,8H,7H2;1-6H,(H,14,15,17,18);1-4,11,13H,5-8H2;1H2. The number of phenolic OH excluding ortho intramolecular Hbond substituents is 3. The lowest BCUT2D eigenvalue weighted by molar-refractivity contribution is 0.474. The van der Waals surface area contributed by atoms with Crippen molar-refractivity contribution in [3.8, 4) is 52.7 Å². The highest BCUT2D eigenvalue weighted by Gasteiger charge is 2.28. The van der Waals surface area contributed by atoms with Crippen LogP contribution >= 0.6 is 39.1 Å². The predicted octanol–water partition coefficient (Wildman–Crippen LogP) is 11.2. The minimum absolute atomic E-state index is 0.0915. The smallest absolute Gasteiger partial charge is 0.295 e. The lowest BCUT2D eigenvalue weighted by atomic mass is 10.2. The fourth-order valence-corrected chi connectivity index (χ4v) is 15.4. The summed E-state index contributed by atoms with van der Waals surface area (Å²) in [5.41, 5.74) is 11.9. The van der Waals surface area contributed by atoms with E-state index in [2.05, 4.69) is 143 Å². The third kappa shape index (κ3) is 18.0. The maximum atomic E-state index is 9.62. The SMILES string of the molecule is Clc1nc(-n2ncc3ccccc32)c2[nH]cnc2n1.N#CCBr.N#CCn1cnc2c(-n3ncc4ccccc43)nc(N3CCN(c4ccc(O)cc4)CC3)nc21.Oc1ccc(N2CCN(c3nc(-n4ncc5ccccc54)c4ncn(Cc5nn[nH]n5)c4n3)CC2)cc1.Oc1ccc(N2CCNCC2)cc1.[C-]#[N+]Cn1cnc2c(-n3ncc4ccccc43)nc(Cl)nc21. The topological polar surface area (TPSA) is 452 Å². The molecular weight excluding hydrogens is 1750 g/mol. The third-order valence-electron chi connectivity index (χ3n) is 21.3. The second-order valence-corrected chi connectivity index (χ2v) is 30.4. The van der Waals surface area contributed by atoms with Gasteiger partial charge in [-0.2, -0.15) is 76.0 Å². The van der Waals surface area contributed by atoms with Gasteiger partial charge in [0.25, 0.3) is 6.67 Å². The van der Waals surface area contributed by atoms with Crippen molar-refractivity contribution in [1.29, 1.82) is 10.5 Å². The van der Waals surface area contributed by atoms with E-state index in [4.69, 9.17) is 60.1 Å². The molecule has 129 heavy (non-hydrogen) atoms. The van der Waals surface area contributed by atoms with Crippen molar-refractivity contribution in [3.05, 3.63) is 248 Å². The summed E-state index contributed by atoms with van der Waals surface area (Å²) in [6, 6.07) is 57.6. The summed E-state index contributed by atoms with van der Waals surface area (Å²) in [6.07, 6.45) is 13.7. The van der Waals surface area contributed by atoms with E-state index in [1.54, 1.807) is 97.3 Å². The number of nitrogens with zero attached hydrogens (tertiary/aromatic N) is 34. The number of H-pyrrole nitrogens is 2. The number of aromatic nitrogens is 28. The largest absolute Gasteiger partial charge is 0.508 e. The number of nitriles is 2. The molecule has 3 saturated heterocycles. The fourth-order valence-electron chi connectivity index (χ4n) is 15.1. The van der Waals surface area contributed by atoms with E-state index in [1.807, 2.05) is 161 Å². The summed E-state index contributed by atoms with van der Waals surface area (Å²) in [4.78, 5) is 71.5. The first kappa shape index (κ1) is 83.5. The predicted molar refractivity (Wildman–Crippen MR) is 489 cm³/mol. The summed E-state index contributed by atoms with van der Waals surface area (Å²) in [7, 11) is 0. The van der Waals surface area contributed by atoms with E-state index in [-0.39, 0.29) is 35.3 Å². The van der Waals surface area contributed by atoms with E-state index >= 15 is 0 Å². The zero-order chi connectivity index (χ0) is 88.3. The number of imidazole rings is 4. The van der Waals surface area contributed by atoms with E-state index in [0.717, 1.165) is 134 Å². The highest BCUT2D eigenvalue weighted by Crippen LogP contribution is 2.33. The van der Waals surface area contributed by atoms with Gasteiger partial charge in [-0.1, -0.05) is 93.9 Å². The summed E-state index contributed by atoms with van der Waals surface area (Å²) < 4.78 is 12.3. The van der Waals surface area contributed by atoms with Crippen LogP contribution in [0.4, 0.5) is 29.0 Å². The maximum Gasteiger partial charge on any atom is 0.295 e. The Morgan fingerprint density at radius 2 is 0.822 bits per heavy atom. The number of hydrogen-bond acceptors (Lipinski definition) is 30. The highest BCUT2D eigenvalue weighted by atomic mass is 79.9. The lowest BCUT2D eigenvalue weighted by Crippen LogP contribution is -2.47. The molecule has 3 fully saturated rings. The van der Waals surface area contributed by atoms with Crippen molar-refractivity contribution < 1.29 is 15.3 Å². The maximum absolute atomic E-state index is 9.62. The molecular formula is C86H74BrCl2N37O3. The number of benzene rings is 7. The number of piperazine rings is 3. The van der Waals surface area contributed by atoms with Gasteiger partial charge in [-0.3, -0.25) is 4.85 Å². The van der Waals surface area contributed by atoms with Crippen LogP contribution in [0.5, 0.6) is 17.2 Å². The summed E-state index contributed by atoms with van der Waals surface area (Å²) >= 11 is 14.9. The van der Waals surface area contributed by atoms with Crippen LogP contribution in [0, 0.1) is 29.2 Å². The van der Waals surface area contributed by atoms with Crippen LogP contribution in [0.1, 0.15) is 5.82 Å². The number of alkyl halides is 1. The average Bonchev–Trinajstić information content (AvgIpc) is 1.60. The Bertz CT molecular complexity index is 7450. The number of anilines is 5. The van der Waals surface area contributed by atoms with E-state index in [0.29, 0.717) is 103 Å². The van der Waals surface area contributed by atoms with Gasteiger partial charge in [0.05, 0.1) is 89.8 Å². The quantitative estimate of drug-likeness (QED) is 0.0355. The van der Waals surface area contributed by atoms with Crippen molar-refractivity contribution in [3.63, 3.8) is 0 Å². The number of para-hydroxylation sites is 4. The van der Waals surface area contributed by atoms with E-state index in [1.165, 1.54) is 5.69 Å². The van der Waals surface area contributed by atoms with Crippen molar-refractivity contribution in [2.45, 2.75) is 19.8 Å². The third-order valence-corrected chi connectivity index (χ3v) is 21.9. The first-order valence-electron chi connectivity index (χ1n) is 40.4. The number of halogens is 3. The van der Waals surface area contributed by atoms with E-state index in [9.17, 15) is 15.5 Å². The summed E-state index contributed by atoms with van der Waals surface area (Å²) in [5, 5.41) is 85.4. The number of aromatic amines is 2. The van der Waals surface area contributed by atoms with Crippen LogP contribution in [-0.4, -0.2) is 237 Å². The monoisotopic (exact) mass is 1820 g/mol. The van der Waals surface area contributed by atoms with Gasteiger partial charge in [0, 0.05) is 117 Å². The first-order valence-corrected chi connectivity index (χ1v) is 42.3. The normalized spacial score (nSPS) is 13.3. The molecule has 0 unspecified atom stereocenters. The number of tetrazole rings is 1. The average molecular weight is 1820 g/mol. The molecule has 13 aromatic heterocycles. The first-order chi connectivity index (χ1) is 63.3. The molecule has 0 aliphatic carbocycles. The molecule has 642 valence electrons. The molecule has 0 saturated carbocycles. The minimum Gasteiger partial charge on any atom is -0.508 e. The summed E-state index contributed by atoms with van der Waals surface area (Å²) in [5.74, 6) is 4.90. The Kier molecular flexibility index (Phi) is 24.6. The molecule has 0 spiro atoms. The number of phenols is 3. The second-order valence-electron chi connectivity index (χ2n) is 29.2. The van der Waals surface area contributed by atoms with Gasteiger partial charge < -0.3 is 59.3 Å².